The van der Waals surface area contributed by atoms with Crippen LogP contribution in [-0.2, 0) is 20.6 Å². The van der Waals surface area contributed by atoms with Crippen LogP contribution in [0.4, 0.5) is 0 Å². The predicted octanol–water partition coefficient (Wildman–Crippen LogP) is 1.81. The second-order valence-corrected chi connectivity index (χ2v) is 8.74. The lowest BCUT2D eigenvalue weighted by atomic mass is 9.89. The third-order valence-electron chi connectivity index (χ3n) is 5.16. The van der Waals surface area contributed by atoms with Gasteiger partial charge in [0.1, 0.15) is 0 Å². The van der Waals surface area contributed by atoms with Crippen molar-refractivity contribution in [3.63, 3.8) is 0 Å². The Kier molecular flexibility index (Phi) is 4.21. The van der Waals surface area contributed by atoms with E-state index in [4.69, 9.17) is 0 Å². The standard InChI is InChI=1S/C18H21N3O3S/c22-17-11-21(16-9-2-1-8-15(16)20-17)25(23,24)12-14-6-3-5-13-7-4-10-19-18(13)14/h3-7,10,15-16H,1-2,8-9,11-12H2,(H,20,22). The molecule has 1 aliphatic heterocycles. The number of nitrogens with zero attached hydrogens (tertiary/aromatic N) is 2. The molecule has 2 aromatic rings. The summed E-state index contributed by atoms with van der Waals surface area (Å²) in [6.07, 6.45) is 5.35. The zero-order chi connectivity index (χ0) is 17.4. The minimum atomic E-state index is -3.60. The van der Waals surface area contributed by atoms with E-state index in [0.717, 1.165) is 31.1 Å². The van der Waals surface area contributed by atoms with Gasteiger partial charge >= 0.3 is 0 Å². The first kappa shape index (κ1) is 16.5. The lowest BCUT2D eigenvalue weighted by molar-refractivity contribution is -0.125. The Morgan fingerprint density at radius 1 is 1.16 bits per heavy atom. The Morgan fingerprint density at radius 2 is 1.96 bits per heavy atom. The van der Waals surface area contributed by atoms with Gasteiger partial charge in [-0.15, -0.1) is 0 Å². The number of carbonyl (C=O) groups is 1. The molecule has 1 amide bonds. The van der Waals surface area contributed by atoms with Crippen LogP contribution in [0.25, 0.3) is 10.9 Å². The SMILES string of the molecule is O=C1CN(S(=O)(=O)Cc2cccc3cccnc23)C2CCCCC2N1. The summed E-state index contributed by atoms with van der Waals surface area (Å²) in [5, 5.41) is 3.88. The van der Waals surface area contributed by atoms with Gasteiger partial charge in [-0.1, -0.05) is 37.1 Å². The van der Waals surface area contributed by atoms with E-state index in [1.54, 1.807) is 12.3 Å². The summed E-state index contributed by atoms with van der Waals surface area (Å²) in [5.41, 5.74) is 1.38. The monoisotopic (exact) mass is 359 g/mol. The lowest BCUT2D eigenvalue weighted by Gasteiger charge is -2.43. The van der Waals surface area contributed by atoms with Crippen LogP contribution in [0, 0.1) is 0 Å². The number of para-hydroxylation sites is 1. The van der Waals surface area contributed by atoms with Crippen molar-refractivity contribution in [1.29, 1.82) is 0 Å². The molecule has 2 aliphatic rings. The number of rotatable bonds is 3. The lowest BCUT2D eigenvalue weighted by Crippen LogP contribution is -2.62. The third kappa shape index (κ3) is 3.14. The fourth-order valence-electron chi connectivity index (χ4n) is 4.00. The molecule has 0 radical (unpaired) electrons. The maximum atomic E-state index is 13.1. The van der Waals surface area contributed by atoms with Gasteiger partial charge in [0, 0.05) is 23.7 Å². The molecule has 25 heavy (non-hydrogen) atoms. The number of piperazine rings is 1. The zero-order valence-corrected chi connectivity index (χ0v) is 14.7. The predicted molar refractivity (Wildman–Crippen MR) is 95.3 cm³/mol. The highest BCUT2D eigenvalue weighted by Crippen LogP contribution is 2.29. The number of pyridine rings is 1. The normalized spacial score (nSPS) is 24.7. The molecule has 1 aromatic heterocycles. The summed E-state index contributed by atoms with van der Waals surface area (Å²) in [6.45, 7) is -0.0817. The van der Waals surface area contributed by atoms with E-state index in [-0.39, 0.29) is 30.3 Å². The number of hydrogen-bond donors (Lipinski definition) is 1. The Labute approximate surface area is 147 Å². The van der Waals surface area contributed by atoms with E-state index in [1.807, 2.05) is 24.3 Å². The average Bonchev–Trinajstić information content (AvgIpc) is 2.61. The van der Waals surface area contributed by atoms with E-state index in [1.165, 1.54) is 4.31 Å². The Hall–Kier alpha value is -1.99. The largest absolute Gasteiger partial charge is 0.351 e. The number of sulfonamides is 1. The van der Waals surface area contributed by atoms with E-state index in [9.17, 15) is 13.2 Å². The first-order valence-corrected chi connectivity index (χ1v) is 10.3. The van der Waals surface area contributed by atoms with E-state index in [0.29, 0.717) is 11.1 Å². The molecule has 7 heteroatoms. The molecule has 132 valence electrons. The van der Waals surface area contributed by atoms with Gasteiger partial charge in [-0.25, -0.2) is 8.42 Å². The summed E-state index contributed by atoms with van der Waals surface area (Å²) in [6, 6.07) is 9.14. The van der Waals surface area contributed by atoms with Crippen LogP contribution in [0.15, 0.2) is 36.5 Å². The number of fused-ring (bicyclic) bond motifs is 2. The van der Waals surface area contributed by atoms with Gasteiger partial charge in [-0.2, -0.15) is 4.31 Å². The van der Waals surface area contributed by atoms with Crippen molar-refractivity contribution in [3.8, 4) is 0 Å². The topological polar surface area (TPSA) is 79.4 Å². The molecule has 0 bridgehead atoms. The number of aromatic nitrogens is 1. The zero-order valence-electron chi connectivity index (χ0n) is 13.9. The van der Waals surface area contributed by atoms with E-state index < -0.39 is 10.0 Å². The molecule has 6 nitrogen and oxygen atoms in total. The van der Waals surface area contributed by atoms with Crippen LogP contribution in [0.1, 0.15) is 31.2 Å². The summed E-state index contributed by atoms with van der Waals surface area (Å²) in [7, 11) is -3.60. The molecule has 1 N–H and O–H groups in total. The number of nitrogens with one attached hydrogen (secondary N) is 1. The van der Waals surface area contributed by atoms with E-state index >= 15 is 0 Å². The maximum Gasteiger partial charge on any atom is 0.235 e. The van der Waals surface area contributed by atoms with Crippen molar-refractivity contribution in [2.75, 3.05) is 6.54 Å². The van der Waals surface area contributed by atoms with Crippen LogP contribution in [0.3, 0.4) is 0 Å². The van der Waals surface area contributed by atoms with Gasteiger partial charge in [-0.05, 0) is 24.5 Å². The van der Waals surface area contributed by atoms with Crippen LogP contribution in [0.2, 0.25) is 0 Å². The molecule has 2 fully saturated rings. The number of carbonyl (C=O) groups excluding carboxylic acids is 1. The molecular formula is C18H21N3O3S. The van der Waals surface area contributed by atoms with Gasteiger partial charge in [0.05, 0.1) is 17.8 Å². The highest BCUT2D eigenvalue weighted by molar-refractivity contribution is 7.88. The summed E-state index contributed by atoms with van der Waals surface area (Å²) < 4.78 is 27.7. The molecule has 1 aromatic carbocycles. The van der Waals surface area contributed by atoms with Crippen LogP contribution >= 0.6 is 0 Å². The fourth-order valence-corrected chi connectivity index (χ4v) is 5.77. The molecule has 0 spiro atoms. The number of hydrogen-bond acceptors (Lipinski definition) is 4. The van der Waals surface area contributed by atoms with Crippen molar-refractivity contribution in [2.45, 2.75) is 43.5 Å². The molecule has 1 saturated carbocycles. The van der Waals surface area contributed by atoms with Crippen LogP contribution < -0.4 is 5.32 Å². The first-order chi connectivity index (χ1) is 12.0. The van der Waals surface area contributed by atoms with Gasteiger partial charge in [0.2, 0.25) is 15.9 Å². The highest BCUT2D eigenvalue weighted by Gasteiger charge is 2.42. The summed E-state index contributed by atoms with van der Waals surface area (Å²) in [5.74, 6) is -0.333. The van der Waals surface area contributed by atoms with Gasteiger partial charge in [0.15, 0.2) is 0 Å². The Morgan fingerprint density at radius 3 is 2.84 bits per heavy atom. The highest BCUT2D eigenvalue weighted by atomic mass is 32.2. The number of amides is 1. The second kappa shape index (κ2) is 6.38. The fraction of sp³-hybridized carbons (Fsp3) is 0.444. The van der Waals surface area contributed by atoms with Crippen molar-refractivity contribution < 1.29 is 13.2 Å². The summed E-state index contributed by atoms with van der Waals surface area (Å²) in [4.78, 5) is 16.4. The van der Waals surface area contributed by atoms with Gasteiger partial charge in [0.25, 0.3) is 0 Å². The quantitative estimate of drug-likeness (QED) is 0.906. The van der Waals surface area contributed by atoms with Crippen LogP contribution in [0.5, 0.6) is 0 Å². The summed E-state index contributed by atoms with van der Waals surface area (Å²) >= 11 is 0. The molecule has 1 aliphatic carbocycles. The van der Waals surface area contributed by atoms with Crippen molar-refractivity contribution in [3.05, 3.63) is 42.1 Å². The van der Waals surface area contributed by atoms with Gasteiger partial charge in [-0.3, -0.25) is 9.78 Å². The molecule has 1 saturated heterocycles. The van der Waals surface area contributed by atoms with Crippen molar-refractivity contribution >= 4 is 26.8 Å². The van der Waals surface area contributed by atoms with E-state index in [2.05, 4.69) is 10.3 Å². The first-order valence-electron chi connectivity index (χ1n) is 8.66. The Balaban J connectivity index is 1.67. The average molecular weight is 359 g/mol. The third-order valence-corrected chi connectivity index (χ3v) is 6.95. The van der Waals surface area contributed by atoms with Crippen molar-refractivity contribution in [1.82, 2.24) is 14.6 Å². The molecule has 4 rings (SSSR count). The van der Waals surface area contributed by atoms with Gasteiger partial charge < -0.3 is 5.32 Å². The molecular weight excluding hydrogens is 338 g/mol. The maximum absolute atomic E-state index is 13.1. The molecule has 2 atom stereocenters. The van der Waals surface area contributed by atoms with Crippen molar-refractivity contribution in [2.24, 2.45) is 0 Å². The van der Waals surface area contributed by atoms with Crippen LogP contribution in [-0.4, -0.2) is 42.2 Å². The second-order valence-electron chi connectivity index (χ2n) is 6.82. The number of benzene rings is 1. The minimum absolute atomic E-state index is 0.0598. The molecule has 2 heterocycles. The molecule has 2 unspecified atom stereocenters. The minimum Gasteiger partial charge on any atom is -0.351 e. The smallest absolute Gasteiger partial charge is 0.235 e. The Bertz CT molecular complexity index is 907.